The Morgan fingerprint density at radius 1 is 1.31 bits per heavy atom. The third-order valence-corrected chi connectivity index (χ3v) is 3.89. The van der Waals surface area contributed by atoms with E-state index in [9.17, 15) is 4.79 Å². The summed E-state index contributed by atoms with van der Waals surface area (Å²) in [5, 5.41) is 0. The number of hydrogen-bond acceptors (Lipinski definition) is 2. The summed E-state index contributed by atoms with van der Waals surface area (Å²) in [4.78, 5) is 13.9. The zero-order valence-electron chi connectivity index (χ0n) is 11.4. The highest BCUT2D eigenvalue weighted by Crippen LogP contribution is 2.36. The molecule has 1 aliphatic rings. The maximum atomic E-state index is 11.6. The van der Waals surface area contributed by atoms with E-state index >= 15 is 0 Å². The van der Waals surface area contributed by atoms with Crippen LogP contribution in [0.3, 0.4) is 0 Å². The lowest BCUT2D eigenvalue weighted by Gasteiger charge is -2.38. The van der Waals surface area contributed by atoms with Crippen LogP contribution in [0.15, 0.2) is 0 Å². The normalized spacial score (nSPS) is 21.3. The summed E-state index contributed by atoms with van der Waals surface area (Å²) in [7, 11) is 2.11. The monoisotopic (exact) mass is 225 g/mol. The first-order valence-electron chi connectivity index (χ1n) is 6.66. The van der Waals surface area contributed by atoms with E-state index in [0.717, 1.165) is 12.8 Å². The van der Waals surface area contributed by atoms with Gasteiger partial charge in [0.2, 0.25) is 0 Å². The fourth-order valence-corrected chi connectivity index (χ4v) is 2.59. The third kappa shape index (κ3) is 4.25. The number of hydrogen-bond donors (Lipinski definition) is 0. The van der Waals surface area contributed by atoms with Gasteiger partial charge in [-0.05, 0) is 44.6 Å². The molecule has 2 heteroatoms. The molecule has 0 amide bonds. The molecule has 0 atom stereocenters. The lowest BCUT2D eigenvalue weighted by atomic mass is 9.75. The summed E-state index contributed by atoms with van der Waals surface area (Å²) >= 11 is 0. The molecule has 0 heterocycles. The van der Waals surface area contributed by atoms with Gasteiger partial charge in [0.15, 0.2) is 0 Å². The average Bonchev–Trinajstić information content (AvgIpc) is 2.17. The van der Waals surface area contributed by atoms with Crippen LogP contribution in [-0.4, -0.2) is 30.3 Å². The van der Waals surface area contributed by atoms with Crippen molar-refractivity contribution in [3.63, 3.8) is 0 Å². The van der Waals surface area contributed by atoms with E-state index in [1.54, 1.807) is 0 Å². The van der Waals surface area contributed by atoms with Crippen LogP contribution in [0.2, 0.25) is 0 Å². The molecule has 2 nitrogen and oxygen atoms in total. The summed E-state index contributed by atoms with van der Waals surface area (Å²) in [5.41, 5.74) is 0.519. The molecule has 1 saturated carbocycles. The van der Waals surface area contributed by atoms with Gasteiger partial charge >= 0.3 is 0 Å². The van der Waals surface area contributed by atoms with Crippen LogP contribution in [0, 0.1) is 5.41 Å². The standard InChI is InChI=1S/C14H27NO/c1-5-6-13(16)11-15(4)12-7-9-14(2,3)10-8-12/h12H,5-11H2,1-4H3. The summed E-state index contributed by atoms with van der Waals surface area (Å²) in [6.07, 6.45) is 6.81. The molecule has 1 fully saturated rings. The van der Waals surface area contributed by atoms with E-state index in [4.69, 9.17) is 0 Å². The lowest BCUT2D eigenvalue weighted by molar-refractivity contribution is -0.120. The molecule has 0 aromatic heterocycles. The molecule has 0 N–H and O–H groups in total. The Morgan fingerprint density at radius 3 is 2.38 bits per heavy atom. The van der Waals surface area contributed by atoms with Gasteiger partial charge < -0.3 is 0 Å². The third-order valence-electron chi connectivity index (χ3n) is 3.89. The first-order valence-corrected chi connectivity index (χ1v) is 6.66. The SMILES string of the molecule is CCCC(=O)CN(C)C1CCC(C)(C)CC1. The molecule has 1 aliphatic carbocycles. The molecule has 0 bridgehead atoms. The zero-order chi connectivity index (χ0) is 12.2. The first kappa shape index (κ1) is 13.7. The van der Waals surface area contributed by atoms with Gasteiger partial charge in [0.05, 0.1) is 6.54 Å². The van der Waals surface area contributed by atoms with Crippen LogP contribution >= 0.6 is 0 Å². The number of likely N-dealkylation sites (N-methyl/N-ethyl adjacent to an activating group) is 1. The van der Waals surface area contributed by atoms with E-state index in [0.29, 0.717) is 23.8 Å². The van der Waals surface area contributed by atoms with Gasteiger partial charge in [-0.1, -0.05) is 20.8 Å². The lowest BCUT2D eigenvalue weighted by Crippen LogP contribution is -2.39. The number of carbonyl (C=O) groups is 1. The summed E-state index contributed by atoms with van der Waals surface area (Å²) in [5.74, 6) is 0.398. The van der Waals surface area contributed by atoms with Crippen LogP contribution in [0.25, 0.3) is 0 Å². The smallest absolute Gasteiger partial charge is 0.146 e. The molecule has 0 aromatic rings. The molecule has 94 valence electrons. The van der Waals surface area contributed by atoms with Crippen molar-refractivity contribution in [2.24, 2.45) is 5.41 Å². The van der Waals surface area contributed by atoms with E-state index < -0.39 is 0 Å². The number of ketones is 1. The largest absolute Gasteiger partial charge is 0.298 e. The van der Waals surface area contributed by atoms with Gasteiger partial charge in [-0.2, -0.15) is 0 Å². The van der Waals surface area contributed by atoms with Crippen molar-refractivity contribution in [3.05, 3.63) is 0 Å². The second kappa shape index (κ2) is 5.81. The predicted octanol–water partition coefficient (Wildman–Crippen LogP) is 3.26. The van der Waals surface area contributed by atoms with Gasteiger partial charge in [-0.3, -0.25) is 9.69 Å². The van der Waals surface area contributed by atoms with Crippen molar-refractivity contribution in [3.8, 4) is 0 Å². The minimum atomic E-state index is 0.398. The second-order valence-corrected chi connectivity index (χ2v) is 6.10. The number of carbonyl (C=O) groups excluding carboxylic acids is 1. The number of nitrogens with zero attached hydrogens (tertiary/aromatic N) is 1. The van der Waals surface area contributed by atoms with Crippen LogP contribution in [-0.2, 0) is 4.79 Å². The summed E-state index contributed by atoms with van der Waals surface area (Å²) < 4.78 is 0. The topological polar surface area (TPSA) is 20.3 Å². The van der Waals surface area contributed by atoms with Crippen molar-refractivity contribution in [2.75, 3.05) is 13.6 Å². The summed E-state index contributed by atoms with van der Waals surface area (Å²) in [6, 6.07) is 0.633. The van der Waals surface area contributed by atoms with Crippen LogP contribution < -0.4 is 0 Å². The highest BCUT2D eigenvalue weighted by Gasteiger charge is 2.29. The predicted molar refractivity (Wildman–Crippen MR) is 68.6 cm³/mol. The Labute approximate surface area is 100 Å². The quantitative estimate of drug-likeness (QED) is 0.716. The molecule has 0 unspecified atom stereocenters. The molecule has 0 aromatic carbocycles. The molecule has 0 saturated heterocycles. The molecule has 0 radical (unpaired) electrons. The molecule has 1 rings (SSSR count). The van der Waals surface area contributed by atoms with E-state index in [1.807, 2.05) is 0 Å². The van der Waals surface area contributed by atoms with E-state index in [-0.39, 0.29) is 0 Å². The average molecular weight is 225 g/mol. The number of rotatable bonds is 5. The Morgan fingerprint density at radius 2 is 1.88 bits per heavy atom. The fourth-order valence-electron chi connectivity index (χ4n) is 2.59. The van der Waals surface area contributed by atoms with Crippen molar-refractivity contribution in [1.29, 1.82) is 0 Å². The van der Waals surface area contributed by atoms with E-state index in [2.05, 4.69) is 32.7 Å². The molecule has 16 heavy (non-hydrogen) atoms. The van der Waals surface area contributed by atoms with Crippen LogP contribution in [0.5, 0.6) is 0 Å². The molecular weight excluding hydrogens is 198 g/mol. The Kier molecular flexibility index (Phi) is 4.97. The number of Topliss-reactive ketones (excluding diaryl/α,β-unsaturated/α-hetero) is 1. The van der Waals surface area contributed by atoms with Gasteiger partial charge in [-0.25, -0.2) is 0 Å². The van der Waals surface area contributed by atoms with Gasteiger partial charge in [0.25, 0.3) is 0 Å². The van der Waals surface area contributed by atoms with Gasteiger partial charge in [-0.15, -0.1) is 0 Å². The maximum Gasteiger partial charge on any atom is 0.146 e. The van der Waals surface area contributed by atoms with Crippen molar-refractivity contribution in [1.82, 2.24) is 4.90 Å². The van der Waals surface area contributed by atoms with Crippen molar-refractivity contribution >= 4 is 5.78 Å². The Bertz CT molecular complexity index is 225. The Balaban J connectivity index is 2.33. The second-order valence-electron chi connectivity index (χ2n) is 6.10. The molecule has 0 aliphatic heterocycles. The molecular formula is C14H27NO. The first-order chi connectivity index (χ1) is 7.44. The van der Waals surface area contributed by atoms with Gasteiger partial charge in [0, 0.05) is 12.5 Å². The van der Waals surface area contributed by atoms with E-state index in [1.165, 1.54) is 25.7 Å². The minimum Gasteiger partial charge on any atom is -0.298 e. The maximum absolute atomic E-state index is 11.6. The van der Waals surface area contributed by atoms with Gasteiger partial charge in [0.1, 0.15) is 5.78 Å². The van der Waals surface area contributed by atoms with Crippen LogP contribution in [0.4, 0.5) is 0 Å². The zero-order valence-corrected chi connectivity index (χ0v) is 11.4. The highest BCUT2D eigenvalue weighted by molar-refractivity contribution is 5.80. The van der Waals surface area contributed by atoms with Crippen molar-refractivity contribution < 1.29 is 4.79 Å². The minimum absolute atomic E-state index is 0.398. The summed E-state index contributed by atoms with van der Waals surface area (Å²) in [6.45, 7) is 7.43. The molecule has 0 spiro atoms. The van der Waals surface area contributed by atoms with Crippen LogP contribution in [0.1, 0.15) is 59.3 Å². The fraction of sp³-hybridized carbons (Fsp3) is 0.929. The Hall–Kier alpha value is -0.370. The van der Waals surface area contributed by atoms with Crippen molar-refractivity contribution in [2.45, 2.75) is 65.3 Å². The highest BCUT2D eigenvalue weighted by atomic mass is 16.1.